The molecule has 3 aromatic rings. The zero-order valence-corrected chi connectivity index (χ0v) is 26.0. The number of anilines is 1. The van der Waals surface area contributed by atoms with E-state index in [1.807, 2.05) is 27.7 Å². The minimum absolute atomic E-state index is 0.0254. The number of nitrogens with one attached hydrogen (secondary N) is 2. The van der Waals surface area contributed by atoms with Crippen LogP contribution in [0.25, 0.3) is 0 Å². The molecular formula is C25H34BrN7O5S2. The van der Waals surface area contributed by atoms with Gasteiger partial charge in [-0.1, -0.05) is 15.9 Å². The zero-order chi connectivity index (χ0) is 29.4. The first-order chi connectivity index (χ1) is 18.7. The van der Waals surface area contributed by atoms with Crippen LogP contribution in [0, 0.1) is 0 Å². The molecule has 0 aliphatic heterocycles. The molecule has 12 nitrogen and oxygen atoms in total. The maximum absolute atomic E-state index is 12.6. The Balaban J connectivity index is 0.000000259. The largest absolute Gasteiger partial charge is 0.333 e. The molecule has 0 spiro atoms. The van der Waals surface area contributed by atoms with Gasteiger partial charge in [0.1, 0.15) is 9.79 Å². The van der Waals surface area contributed by atoms with Crippen molar-refractivity contribution in [3.63, 3.8) is 0 Å². The molecule has 0 unspecified atom stereocenters. The van der Waals surface area contributed by atoms with Gasteiger partial charge in [-0.25, -0.2) is 31.5 Å². The molecule has 0 saturated heterocycles. The predicted molar refractivity (Wildman–Crippen MR) is 154 cm³/mol. The molecule has 0 atom stereocenters. The Morgan fingerprint density at radius 2 is 1.30 bits per heavy atom. The van der Waals surface area contributed by atoms with Crippen LogP contribution in [-0.4, -0.2) is 42.4 Å². The molecule has 2 heterocycles. The van der Waals surface area contributed by atoms with Crippen LogP contribution in [0.1, 0.15) is 74.9 Å². The number of hydrogen-bond acceptors (Lipinski definition) is 7. The van der Waals surface area contributed by atoms with Crippen LogP contribution in [0.5, 0.6) is 0 Å². The Labute approximate surface area is 242 Å². The van der Waals surface area contributed by atoms with Gasteiger partial charge in [-0.15, -0.1) is 0 Å². The summed E-state index contributed by atoms with van der Waals surface area (Å²) >= 11 is 3.74. The van der Waals surface area contributed by atoms with Gasteiger partial charge in [-0.3, -0.25) is 9.36 Å². The topological polar surface area (TPSA) is 171 Å². The quantitative estimate of drug-likeness (QED) is 0.362. The molecule has 1 aromatic carbocycles. The molecule has 0 bridgehead atoms. The van der Waals surface area contributed by atoms with Crippen LogP contribution in [0.3, 0.4) is 0 Å². The molecule has 0 radical (unpaired) electrons. The lowest BCUT2D eigenvalue weighted by Crippen LogP contribution is -2.34. The van der Waals surface area contributed by atoms with E-state index >= 15 is 0 Å². The molecule has 5 rings (SSSR count). The van der Waals surface area contributed by atoms with E-state index in [-0.39, 0.29) is 21.9 Å². The second-order valence-corrected chi connectivity index (χ2v) is 14.5. The lowest BCUT2D eigenvalue weighted by Gasteiger charge is -2.18. The Kier molecular flexibility index (Phi) is 8.78. The number of nitrogens with zero attached hydrogens (tertiary/aromatic N) is 4. The van der Waals surface area contributed by atoms with Crippen molar-refractivity contribution in [2.45, 2.75) is 88.1 Å². The molecule has 0 saturated carbocycles. The van der Waals surface area contributed by atoms with Crippen LogP contribution in [-0.2, 0) is 45.7 Å². The van der Waals surface area contributed by atoms with E-state index in [9.17, 15) is 21.6 Å². The smallest absolute Gasteiger partial charge is 0.307 e. The highest BCUT2D eigenvalue weighted by molar-refractivity contribution is 9.10. The molecule has 15 heteroatoms. The fraction of sp³-hybridized carbons (Fsp3) is 0.480. The molecule has 218 valence electrons. The van der Waals surface area contributed by atoms with E-state index in [1.165, 1.54) is 40.4 Å². The zero-order valence-electron chi connectivity index (χ0n) is 22.8. The molecule has 4 N–H and O–H groups in total. The molecule has 2 aromatic heterocycles. The third-order valence-electron chi connectivity index (χ3n) is 6.89. The number of nitrogens with two attached hydrogens (primary N) is 1. The van der Waals surface area contributed by atoms with Crippen LogP contribution < -0.4 is 15.2 Å². The minimum atomic E-state index is -3.98. The van der Waals surface area contributed by atoms with Crippen LogP contribution in [0.2, 0.25) is 0 Å². The Morgan fingerprint density at radius 3 is 1.73 bits per heavy atom. The van der Waals surface area contributed by atoms with Gasteiger partial charge in [-0.05, 0) is 88.5 Å². The van der Waals surface area contributed by atoms with Gasteiger partial charge in [0.15, 0.2) is 0 Å². The average molecular weight is 657 g/mol. The standard InChI is InChI=1S/C19H23BrN4O3S.C6H11N3O2S/c1-11(2)24-10-12(9-21-24)28(26,27)23-19(25)22-18-15-7-3-5-13(15)17(20)14-6-4-8-16(14)18;1-5(2)9-4-6(3-8-9)12(7,10)11/h9-11H,3-8H2,1-2H3,(H2,22,23,25);3-5H,1-2H3,(H2,7,10,11). The first kappa shape index (κ1) is 30.2. The fourth-order valence-corrected chi connectivity index (χ4v) is 7.02. The van der Waals surface area contributed by atoms with Crippen LogP contribution >= 0.6 is 15.9 Å². The van der Waals surface area contributed by atoms with Gasteiger partial charge in [0, 0.05) is 34.6 Å². The summed E-state index contributed by atoms with van der Waals surface area (Å²) in [4.78, 5) is 12.6. The number of amides is 2. The highest BCUT2D eigenvalue weighted by atomic mass is 79.9. The number of hydrogen-bond donors (Lipinski definition) is 3. The van der Waals surface area contributed by atoms with E-state index in [2.05, 4.69) is 36.2 Å². The molecule has 0 fully saturated rings. The van der Waals surface area contributed by atoms with Crippen LogP contribution in [0.4, 0.5) is 10.5 Å². The first-order valence-electron chi connectivity index (χ1n) is 13.0. The van der Waals surface area contributed by atoms with Crippen molar-refractivity contribution in [1.82, 2.24) is 24.3 Å². The summed E-state index contributed by atoms with van der Waals surface area (Å²) in [6, 6.07) is -0.561. The maximum Gasteiger partial charge on any atom is 0.333 e. The number of urea groups is 1. The molecule has 40 heavy (non-hydrogen) atoms. The van der Waals surface area contributed by atoms with E-state index in [0.717, 1.165) is 55.3 Å². The third-order valence-corrected chi connectivity index (χ3v) is 10.00. The summed E-state index contributed by atoms with van der Waals surface area (Å²) in [5, 5.41) is 15.6. The van der Waals surface area contributed by atoms with E-state index in [0.29, 0.717) is 0 Å². The number of sulfonamides is 2. The molecular weight excluding hydrogens is 622 g/mol. The Bertz CT molecular complexity index is 1610. The summed E-state index contributed by atoms with van der Waals surface area (Å²) in [7, 11) is -7.58. The lowest BCUT2D eigenvalue weighted by molar-refractivity contribution is 0.256. The van der Waals surface area contributed by atoms with Crippen LogP contribution in [0.15, 0.2) is 39.1 Å². The Hall–Kier alpha value is -2.75. The van der Waals surface area contributed by atoms with E-state index < -0.39 is 26.1 Å². The van der Waals surface area contributed by atoms with Crippen molar-refractivity contribution in [3.8, 4) is 0 Å². The second-order valence-electron chi connectivity index (χ2n) is 10.4. The second kappa shape index (κ2) is 11.6. The number of fused-ring (bicyclic) bond motifs is 2. The predicted octanol–water partition coefficient (Wildman–Crippen LogP) is 3.83. The fourth-order valence-electron chi connectivity index (χ4n) is 4.85. The lowest BCUT2D eigenvalue weighted by atomic mass is 9.99. The molecule has 2 amide bonds. The highest BCUT2D eigenvalue weighted by Crippen LogP contribution is 2.44. The summed E-state index contributed by atoms with van der Waals surface area (Å²) in [6.07, 6.45) is 11.2. The summed E-state index contributed by atoms with van der Waals surface area (Å²) in [5.74, 6) is 0. The molecule has 2 aliphatic carbocycles. The van der Waals surface area contributed by atoms with Crippen molar-refractivity contribution in [2.24, 2.45) is 5.14 Å². The number of rotatable bonds is 6. The first-order valence-corrected chi connectivity index (χ1v) is 16.8. The summed E-state index contributed by atoms with van der Waals surface area (Å²) < 4.78 is 53.1. The van der Waals surface area contributed by atoms with Gasteiger partial charge in [0.05, 0.1) is 12.4 Å². The number of halogens is 1. The highest BCUT2D eigenvalue weighted by Gasteiger charge is 2.29. The maximum atomic E-state index is 12.6. The minimum Gasteiger partial charge on any atom is -0.307 e. The van der Waals surface area contributed by atoms with Crippen molar-refractivity contribution in [3.05, 3.63) is 51.5 Å². The summed E-state index contributed by atoms with van der Waals surface area (Å²) in [6.45, 7) is 7.61. The summed E-state index contributed by atoms with van der Waals surface area (Å²) in [5.41, 5.74) is 5.56. The van der Waals surface area contributed by atoms with Crippen molar-refractivity contribution in [2.75, 3.05) is 5.32 Å². The SMILES string of the molecule is CC(C)n1cc(S(=O)(=O)NC(=O)Nc2c3c(c(Br)c4c2CCC4)CCC3)cn1.CC(C)n1cc(S(N)(=O)=O)cn1. The van der Waals surface area contributed by atoms with Crippen molar-refractivity contribution < 1.29 is 21.6 Å². The van der Waals surface area contributed by atoms with Gasteiger partial charge < -0.3 is 5.32 Å². The van der Waals surface area contributed by atoms with E-state index in [4.69, 9.17) is 5.14 Å². The van der Waals surface area contributed by atoms with Crippen molar-refractivity contribution in [1.29, 1.82) is 0 Å². The number of carbonyl (C=O) groups excluding carboxylic acids is 1. The number of benzene rings is 1. The number of aromatic nitrogens is 4. The van der Waals surface area contributed by atoms with Gasteiger partial charge in [-0.2, -0.15) is 10.2 Å². The van der Waals surface area contributed by atoms with Crippen molar-refractivity contribution >= 4 is 47.7 Å². The average Bonchev–Trinajstić information content (AvgIpc) is 3.67. The Morgan fingerprint density at radius 1 is 0.850 bits per heavy atom. The normalized spacial score (nSPS) is 14.6. The number of carbonyl (C=O) groups is 1. The molecule has 2 aliphatic rings. The van der Waals surface area contributed by atoms with Gasteiger partial charge in [0.2, 0.25) is 10.0 Å². The van der Waals surface area contributed by atoms with Gasteiger partial charge >= 0.3 is 6.03 Å². The van der Waals surface area contributed by atoms with E-state index in [1.54, 1.807) is 9.36 Å². The third kappa shape index (κ3) is 6.42. The number of primary sulfonamides is 1. The van der Waals surface area contributed by atoms with Gasteiger partial charge in [0.25, 0.3) is 10.0 Å². The monoisotopic (exact) mass is 655 g/mol.